The topological polar surface area (TPSA) is 86.8 Å². The van der Waals surface area contributed by atoms with Gasteiger partial charge in [0.1, 0.15) is 6.04 Å². The van der Waals surface area contributed by atoms with Crippen LogP contribution in [0.4, 0.5) is 5.69 Å². The number of sulfone groups is 1. The Labute approximate surface area is 181 Å². The number of rotatable bonds is 6. The van der Waals surface area contributed by atoms with Crippen LogP contribution >= 0.6 is 11.6 Å². The lowest BCUT2D eigenvalue weighted by atomic mass is 10.0. The lowest BCUT2D eigenvalue weighted by molar-refractivity contribution is -0.138. The Morgan fingerprint density at radius 1 is 1.10 bits per heavy atom. The minimum absolute atomic E-state index is 0.0164. The van der Waals surface area contributed by atoms with Crippen molar-refractivity contribution >= 4 is 38.9 Å². The van der Waals surface area contributed by atoms with Crippen LogP contribution in [0, 0.1) is 0 Å². The molecule has 0 aliphatic carbocycles. The van der Waals surface area contributed by atoms with Gasteiger partial charge < -0.3 is 10.2 Å². The molecule has 2 aromatic rings. The van der Waals surface area contributed by atoms with Gasteiger partial charge in [-0.3, -0.25) is 14.5 Å². The SMILES string of the molecule is CN(CC(=O)Nc1cccc(Cl)c1)C(=O)C(c1ccccc1)N1CCS(=O)(=O)CC1. The third-order valence-corrected chi connectivity index (χ3v) is 6.80. The van der Waals surface area contributed by atoms with Crippen molar-refractivity contribution < 1.29 is 18.0 Å². The molecular weight excluding hydrogens is 426 g/mol. The maximum atomic E-state index is 13.3. The Morgan fingerprint density at radius 3 is 2.40 bits per heavy atom. The Kier molecular flexibility index (Phi) is 7.12. The second kappa shape index (κ2) is 9.59. The van der Waals surface area contributed by atoms with Gasteiger partial charge in [0.2, 0.25) is 11.8 Å². The number of likely N-dealkylation sites (N-methyl/N-ethyl adjacent to an activating group) is 1. The predicted octanol–water partition coefficient (Wildman–Crippen LogP) is 2.21. The number of nitrogens with zero attached hydrogens (tertiary/aromatic N) is 2. The Balaban J connectivity index is 1.72. The van der Waals surface area contributed by atoms with E-state index in [1.165, 1.54) is 4.90 Å². The van der Waals surface area contributed by atoms with Gasteiger partial charge in [-0.25, -0.2) is 8.42 Å². The first-order chi connectivity index (χ1) is 14.2. The first-order valence-corrected chi connectivity index (χ1v) is 11.7. The molecular formula is C21H24ClN3O4S. The Morgan fingerprint density at radius 2 is 1.77 bits per heavy atom. The number of amides is 2. The van der Waals surface area contributed by atoms with Crippen LogP contribution in [-0.2, 0) is 19.4 Å². The fourth-order valence-corrected chi connectivity index (χ4v) is 4.82. The summed E-state index contributed by atoms with van der Waals surface area (Å²) < 4.78 is 23.6. The van der Waals surface area contributed by atoms with Crippen LogP contribution in [0.1, 0.15) is 11.6 Å². The zero-order valence-corrected chi connectivity index (χ0v) is 18.2. The highest BCUT2D eigenvalue weighted by Crippen LogP contribution is 2.25. The molecule has 9 heteroatoms. The highest BCUT2D eigenvalue weighted by atomic mass is 35.5. The van der Waals surface area contributed by atoms with Crippen LogP contribution in [-0.4, -0.2) is 68.2 Å². The number of carbonyl (C=O) groups is 2. The van der Waals surface area contributed by atoms with Gasteiger partial charge in [0.25, 0.3) is 0 Å². The molecule has 3 rings (SSSR count). The molecule has 1 aliphatic heterocycles. The summed E-state index contributed by atoms with van der Waals surface area (Å²) in [6.07, 6.45) is 0. The predicted molar refractivity (Wildman–Crippen MR) is 117 cm³/mol. The summed E-state index contributed by atoms with van der Waals surface area (Å²) in [6.45, 7) is 0.410. The molecule has 1 saturated heterocycles. The standard InChI is InChI=1S/C21H24ClN3O4S/c1-24(15-19(26)23-18-9-5-8-17(22)14-18)21(27)20(16-6-3-2-4-7-16)25-10-12-30(28,29)13-11-25/h2-9,14,20H,10-13,15H2,1H3,(H,23,26). The van der Waals surface area contributed by atoms with Crippen LogP contribution in [0.3, 0.4) is 0 Å². The van der Waals surface area contributed by atoms with Crippen LogP contribution in [0.25, 0.3) is 0 Å². The molecule has 7 nitrogen and oxygen atoms in total. The van der Waals surface area contributed by atoms with Crippen molar-refractivity contribution in [3.63, 3.8) is 0 Å². The van der Waals surface area contributed by atoms with Crippen LogP contribution in [0.2, 0.25) is 5.02 Å². The molecule has 2 aromatic carbocycles. The number of anilines is 1. The molecule has 1 unspecified atom stereocenters. The molecule has 2 amide bonds. The molecule has 0 aromatic heterocycles. The van der Waals surface area contributed by atoms with E-state index in [4.69, 9.17) is 11.6 Å². The lowest BCUT2D eigenvalue weighted by Crippen LogP contribution is -2.49. The number of carbonyl (C=O) groups excluding carboxylic acids is 2. The second-order valence-corrected chi connectivity index (χ2v) is 9.99. The van der Waals surface area contributed by atoms with E-state index >= 15 is 0 Å². The monoisotopic (exact) mass is 449 g/mol. The van der Waals surface area contributed by atoms with Crippen LogP contribution < -0.4 is 5.32 Å². The molecule has 0 radical (unpaired) electrons. The number of benzene rings is 2. The number of halogens is 1. The highest BCUT2D eigenvalue weighted by Gasteiger charge is 2.34. The first kappa shape index (κ1) is 22.3. The zero-order chi connectivity index (χ0) is 21.7. The third-order valence-electron chi connectivity index (χ3n) is 4.96. The van der Waals surface area contributed by atoms with E-state index in [0.717, 1.165) is 5.56 Å². The minimum Gasteiger partial charge on any atom is -0.335 e. The van der Waals surface area contributed by atoms with Gasteiger partial charge in [-0.2, -0.15) is 0 Å². The van der Waals surface area contributed by atoms with Gasteiger partial charge in [-0.15, -0.1) is 0 Å². The number of hydrogen-bond acceptors (Lipinski definition) is 5. The van der Waals surface area contributed by atoms with Crippen molar-refractivity contribution in [2.75, 3.05) is 43.5 Å². The Hall–Kier alpha value is -2.42. The molecule has 0 bridgehead atoms. The fraction of sp³-hybridized carbons (Fsp3) is 0.333. The van der Waals surface area contributed by atoms with E-state index in [1.54, 1.807) is 31.3 Å². The second-order valence-electron chi connectivity index (χ2n) is 7.25. The summed E-state index contributed by atoms with van der Waals surface area (Å²) in [5.41, 5.74) is 1.32. The van der Waals surface area contributed by atoms with Crippen molar-refractivity contribution in [1.29, 1.82) is 0 Å². The normalized spacial score (nSPS) is 17.1. The molecule has 30 heavy (non-hydrogen) atoms. The number of hydrogen-bond donors (Lipinski definition) is 1. The smallest absolute Gasteiger partial charge is 0.244 e. The van der Waals surface area contributed by atoms with E-state index in [-0.39, 0.29) is 43.0 Å². The minimum atomic E-state index is -3.08. The zero-order valence-electron chi connectivity index (χ0n) is 16.6. The molecule has 0 saturated carbocycles. The van der Waals surface area contributed by atoms with Crippen molar-refractivity contribution in [1.82, 2.24) is 9.80 Å². The summed E-state index contributed by atoms with van der Waals surface area (Å²) >= 11 is 5.94. The molecule has 1 heterocycles. The summed E-state index contributed by atoms with van der Waals surface area (Å²) in [7, 11) is -1.51. The fourth-order valence-electron chi connectivity index (χ4n) is 3.40. The van der Waals surface area contributed by atoms with Gasteiger partial charge in [0, 0.05) is 30.8 Å². The van der Waals surface area contributed by atoms with Crippen LogP contribution in [0.15, 0.2) is 54.6 Å². The first-order valence-electron chi connectivity index (χ1n) is 9.55. The van der Waals surface area contributed by atoms with Gasteiger partial charge in [-0.1, -0.05) is 48.0 Å². The van der Waals surface area contributed by atoms with E-state index in [0.29, 0.717) is 10.7 Å². The van der Waals surface area contributed by atoms with Crippen molar-refractivity contribution in [3.05, 3.63) is 65.2 Å². The summed E-state index contributed by atoms with van der Waals surface area (Å²) in [6, 6.07) is 15.3. The summed E-state index contributed by atoms with van der Waals surface area (Å²) in [5, 5.41) is 3.23. The molecule has 160 valence electrons. The highest BCUT2D eigenvalue weighted by molar-refractivity contribution is 7.91. The van der Waals surface area contributed by atoms with Gasteiger partial charge in [-0.05, 0) is 23.8 Å². The van der Waals surface area contributed by atoms with Crippen molar-refractivity contribution in [3.8, 4) is 0 Å². The summed E-state index contributed by atoms with van der Waals surface area (Å²) in [5.74, 6) is -0.576. The maximum absolute atomic E-state index is 13.3. The molecule has 1 aliphatic rings. The average molecular weight is 450 g/mol. The average Bonchev–Trinajstić information content (AvgIpc) is 2.70. The molecule has 0 spiro atoms. The van der Waals surface area contributed by atoms with E-state index in [9.17, 15) is 18.0 Å². The molecule has 1 N–H and O–H groups in total. The Bertz CT molecular complexity index is 1000. The van der Waals surface area contributed by atoms with Crippen molar-refractivity contribution in [2.24, 2.45) is 0 Å². The van der Waals surface area contributed by atoms with Crippen LogP contribution in [0.5, 0.6) is 0 Å². The van der Waals surface area contributed by atoms with E-state index in [2.05, 4.69) is 5.32 Å². The van der Waals surface area contributed by atoms with Gasteiger partial charge in [0.15, 0.2) is 9.84 Å². The summed E-state index contributed by atoms with van der Waals surface area (Å²) in [4.78, 5) is 28.9. The largest absolute Gasteiger partial charge is 0.335 e. The lowest BCUT2D eigenvalue weighted by Gasteiger charge is -2.35. The van der Waals surface area contributed by atoms with E-state index in [1.807, 2.05) is 35.2 Å². The van der Waals surface area contributed by atoms with E-state index < -0.39 is 15.9 Å². The maximum Gasteiger partial charge on any atom is 0.244 e. The van der Waals surface area contributed by atoms with Gasteiger partial charge in [0.05, 0.1) is 18.1 Å². The third kappa shape index (κ3) is 5.81. The quantitative estimate of drug-likeness (QED) is 0.730. The molecule has 1 atom stereocenters. The van der Waals surface area contributed by atoms with Gasteiger partial charge >= 0.3 is 0 Å². The molecule has 1 fully saturated rings. The van der Waals surface area contributed by atoms with Crippen molar-refractivity contribution in [2.45, 2.75) is 6.04 Å². The number of nitrogens with one attached hydrogen (secondary N) is 1.